The van der Waals surface area contributed by atoms with Gasteiger partial charge in [-0.2, -0.15) is 0 Å². The van der Waals surface area contributed by atoms with Gasteiger partial charge in [-0.05, 0) is 75.1 Å². The van der Waals surface area contributed by atoms with E-state index >= 15 is 0 Å². The molecular formula is C27H25N3O. The first-order valence-electron chi connectivity index (χ1n) is 11.2. The number of imidazole rings is 1. The second-order valence-electron chi connectivity index (χ2n) is 8.74. The average Bonchev–Trinajstić information content (AvgIpc) is 3.46. The van der Waals surface area contributed by atoms with Crippen molar-refractivity contribution in [3.05, 3.63) is 66.2 Å². The number of aromatic nitrogens is 3. The molecule has 4 heteroatoms. The highest BCUT2D eigenvalue weighted by Gasteiger charge is 2.25. The summed E-state index contributed by atoms with van der Waals surface area (Å²) < 4.78 is 4.73. The number of hydrogen-bond acceptors (Lipinski definition) is 2. The number of hydrogen-bond donors (Lipinski definition) is 0. The van der Waals surface area contributed by atoms with Crippen LogP contribution in [0.2, 0.25) is 0 Å². The Bertz CT molecular complexity index is 1480. The largest absolute Gasteiger partial charge is 0.341 e. The Kier molecular flexibility index (Phi) is 4.04. The van der Waals surface area contributed by atoms with Crippen LogP contribution in [0.1, 0.15) is 37.0 Å². The molecule has 3 aromatic carbocycles. The van der Waals surface area contributed by atoms with Gasteiger partial charge in [0.1, 0.15) is 5.82 Å². The molecule has 0 unspecified atom stereocenters. The van der Waals surface area contributed by atoms with Gasteiger partial charge in [0.2, 0.25) is 0 Å². The number of nitrogens with zero attached hydrogens (tertiary/aromatic N) is 3. The Morgan fingerprint density at radius 3 is 2.48 bits per heavy atom. The van der Waals surface area contributed by atoms with Gasteiger partial charge in [-0.3, -0.25) is 4.79 Å². The topological polar surface area (TPSA) is 39.8 Å². The third-order valence-electron chi connectivity index (χ3n) is 6.64. The molecule has 0 atom stereocenters. The standard InChI is InChI=1S/C27H25N3O/c1-3-29-24-7-5-4-6-21(24)22-14-20(11-12-25(22)29)27-28-23-15-19(17(2)31)10-13-26(23)30(27)16-18-8-9-18/h4-7,10-15,18H,3,8-9,16H2,1-2H3. The average molecular weight is 408 g/mol. The van der Waals surface area contributed by atoms with Gasteiger partial charge in [0.05, 0.1) is 11.0 Å². The van der Waals surface area contributed by atoms with E-state index in [-0.39, 0.29) is 5.78 Å². The number of Topliss-reactive ketones (excluding diaryl/α,β-unsaturated/α-hetero) is 1. The van der Waals surface area contributed by atoms with Crippen LogP contribution in [0.3, 0.4) is 0 Å². The van der Waals surface area contributed by atoms with Crippen molar-refractivity contribution in [1.29, 1.82) is 0 Å². The molecule has 1 aliphatic rings. The first-order valence-corrected chi connectivity index (χ1v) is 11.2. The lowest BCUT2D eigenvalue weighted by molar-refractivity contribution is 0.101. The number of aryl methyl sites for hydroxylation is 1. The lowest BCUT2D eigenvalue weighted by Crippen LogP contribution is -2.02. The van der Waals surface area contributed by atoms with E-state index in [0.717, 1.165) is 47.0 Å². The number of fused-ring (bicyclic) bond motifs is 4. The van der Waals surface area contributed by atoms with Crippen LogP contribution in [0.4, 0.5) is 0 Å². The smallest absolute Gasteiger partial charge is 0.159 e. The van der Waals surface area contributed by atoms with Gasteiger partial charge in [0.15, 0.2) is 5.78 Å². The van der Waals surface area contributed by atoms with E-state index < -0.39 is 0 Å². The summed E-state index contributed by atoms with van der Waals surface area (Å²) in [6.07, 6.45) is 2.57. The molecule has 4 nitrogen and oxygen atoms in total. The number of benzene rings is 3. The molecule has 1 aliphatic carbocycles. The minimum Gasteiger partial charge on any atom is -0.341 e. The minimum atomic E-state index is 0.0778. The predicted octanol–water partition coefficient (Wildman–Crippen LogP) is 6.44. The molecule has 0 aliphatic heterocycles. The van der Waals surface area contributed by atoms with Crippen molar-refractivity contribution in [2.45, 2.75) is 39.8 Å². The van der Waals surface area contributed by atoms with Crippen LogP contribution in [0.5, 0.6) is 0 Å². The molecular weight excluding hydrogens is 382 g/mol. The summed E-state index contributed by atoms with van der Waals surface area (Å²) in [5.74, 6) is 1.81. The van der Waals surface area contributed by atoms with Crippen LogP contribution in [-0.4, -0.2) is 19.9 Å². The molecule has 31 heavy (non-hydrogen) atoms. The molecule has 0 amide bonds. The van der Waals surface area contributed by atoms with Crippen molar-refractivity contribution >= 4 is 38.6 Å². The van der Waals surface area contributed by atoms with Crippen LogP contribution < -0.4 is 0 Å². The molecule has 154 valence electrons. The molecule has 2 heterocycles. The summed E-state index contributed by atoms with van der Waals surface area (Å²) in [6.45, 7) is 5.74. The third kappa shape index (κ3) is 2.89. The fourth-order valence-electron chi connectivity index (χ4n) is 4.85. The van der Waals surface area contributed by atoms with Crippen molar-refractivity contribution in [3.8, 4) is 11.4 Å². The van der Waals surface area contributed by atoms with Crippen molar-refractivity contribution in [2.24, 2.45) is 5.92 Å². The summed E-state index contributed by atoms with van der Waals surface area (Å²) in [4.78, 5) is 16.9. The number of ketones is 1. The minimum absolute atomic E-state index is 0.0778. The van der Waals surface area contributed by atoms with E-state index in [0.29, 0.717) is 0 Å². The molecule has 0 radical (unpaired) electrons. The number of rotatable bonds is 5. The zero-order chi connectivity index (χ0) is 21.1. The van der Waals surface area contributed by atoms with E-state index in [4.69, 9.17) is 4.98 Å². The normalized spacial score (nSPS) is 14.1. The molecule has 0 saturated heterocycles. The monoisotopic (exact) mass is 407 g/mol. The van der Waals surface area contributed by atoms with Gasteiger partial charge in [0, 0.05) is 46.0 Å². The Morgan fingerprint density at radius 1 is 0.935 bits per heavy atom. The maximum atomic E-state index is 11.9. The lowest BCUT2D eigenvalue weighted by atomic mass is 10.1. The summed E-state index contributed by atoms with van der Waals surface area (Å²) in [7, 11) is 0. The second kappa shape index (κ2) is 6.81. The van der Waals surface area contributed by atoms with Gasteiger partial charge < -0.3 is 9.13 Å². The van der Waals surface area contributed by atoms with Crippen molar-refractivity contribution in [1.82, 2.24) is 14.1 Å². The SMILES string of the molecule is CCn1c2ccccc2c2cc(-c3nc4cc(C(C)=O)ccc4n3CC3CC3)ccc21. The van der Waals surface area contributed by atoms with Gasteiger partial charge in [-0.1, -0.05) is 18.2 Å². The molecule has 0 N–H and O–H groups in total. The van der Waals surface area contributed by atoms with Gasteiger partial charge in [0.25, 0.3) is 0 Å². The zero-order valence-electron chi connectivity index (χ0n) is 17.9. The zero-order valence-corrected chi connectivity index (χ0v) is 17.9. The Labute approximate surface area is 181 Å². The van der Waals surface area contributed by atoms with Crippen LogP contribution in [0, 0.1) is 5.92 Å². The number of para-hydroxylation sites is 1. The predicted molar refractivity (Wildman–Crippen MR) is 127 cm³/mol. The molecule has 0 spiro atoms. The van der Waals surface area contributed by atoms with Crippen molar-refractivity contribution < 1.29 is 4.79 Å². The summed E-state index contributed by atoms with van der Waals surface area (Å²) >= 11 is 0. The van der Waals surface area contributed by atoms with E-state index in [1.54, 1.807) is 6.92 Å². The summed E-state index contributed by atoms with van der Waals surface area (Å²) in [5.41, 5.74) is 6.40. The quantitative estimate of drug-likeness (QED) is 0.314. The van der Waals surface area contributed by atoms with E-state index in [1.807, 2.05) is 12.1 Å². The maximum absolute atomic E-state index is 11.9. The van der Waals surface area contributed by atoms with Gasteiger partial charge in [-0.25, -0.2) is 4.98 Å². The van der Waals surface area contributed by atoms with Crippen molar-refractivity contribution in [2.75, 3.05) is 0 Å². The second-order valence-corrected chi connectivity index (χ2v) is 8.74. The first-order chi connectivity index (χ1) is 15.1. The van der Waals surface area contributed by atoms with E-state index in [1.165, 1.54) is 34.6 Å². The van der Waals surface area contributed by atoms with Gasteiger partial charge in [-0.15, -0.1) is 0 Å². The number of carbonyl (C=O) groups is 1. The summed E-state index contributed by atoms with van der Waals surface area (Å²) in [6, 6.07) is 21.3. The van der Waals surface area contributed by atoms with Crippen LogP contribution in [0.25, 0.3) is 44.2 Å². The van der Waals surface area contributed by atoms with Crippen LogP contribution in [-0.2, 0) is 13.1 Å². The van der Waals surface area contributed by atoms with E-state index in [9.17, 15) is 4.79 Å². The Balaban J connectivity index is 1.60. The van der Waals surface area contributed by atoms with Gasteiger partial charge >= 0.3 is 0 Å². The lowest BCUT2D eigenvalue weighted by Gasteiger charge is -2.09. The van der Waals surface area contributed by atoms with Crippen LogP contribution >= 0.6 is 0 Å². The highest BCUT2D eigenvalue weighted by atomic mass is 16.1. The van der Waals surface area contributed by atoms with Crippen LogP contribution in [0.15, 0.2) is 60.7 Å². The maximum Gasteiger partial charge on any atom is 0.159 e. The highest BCUT2D eigenvalue weighted by Crippen LogP contribution is 2.37. The highest BCUT2D eigenvalue weighted by molar-refractivity contribution is 6.09. The Morgan fingerprint density at radius 2 is 1.71 bits per heavy atom. The summed E-state index contributed by atoms with van der Waals surface area (Å²) in [5, 5.41) is 2.55. The van der Waals surface area contributed by atoms with E-state index in [2.05, 4.69) is 64.6 Å². The fraction of sp³-hybridized carbons (Fsp3) is 0.259. The third-order valence-corrected chi connectivity index (χ3v) is 6.64. The first kappa shape index (κ1) is 18.4. The molecule has 2 aromatic heterocycles. The number of carbonyl (C=O) groups excluding carboxylic acids is 1. The molecule has 1 fully saturated rings. The molecule has 1 saturated carbocycles. The molecule has 5 aromatic rings. The molecule has 0 bridgehead atoms. The molecule has 6 rings (SSSR count). The Hall–Kier alpha value is -3.40. The fourth-order valence-corrected chi connectivity index (χ4v) is 4.85. The van der Waals surface area contributed by atoms with Crippen molar-refractivity contribution in [3.63, 3.8) is 0 Å².